The van der Waals surface area contributed by atoms with Crippen molar-refractivity contribution in [1.82, 2.24) is 10.3 Å². The first-order valence-corrected chi connectivity index (χ1v) is 7.55. The van der Waals surface area contributed by atoms with E-state index in [1.807, 2.05) is 18.5 Å². The monoisotopic (exact) mass is 268 g/mol. The zero-order chi connectivity index (χ0) is 14.2. The van der Waals surface area contributed by atoms with E-state index in [-0.39, 0.29) is 0 Å². The Labute approximate surface area is 122 Å². The van der Waals surface area contributed by atoms with Crippen molar-refractivity contribution >= 4 is 0 Å². The molecule has 0 saturated heterocycles. The minimum atomic E-state index is 0.371. The third-order valence-corrected chi connectivity index (χ3v) is 3.61. The van der Waals surface area contributed by atoms with E-state index in [1.165, 1.54) is 16.7 Å². The van der Waals surface area contributed by atoms with Gasteiger partial charge in [0, 0.05) is 18.4 Å². The lowest BCUT2D eigenvalue weighted by Gasteiger charge is -2.21. The molecule has 0 aliphatic carbocycles. The molecule has 0 bridgehead atoms. The minimum absolute atomic E-state index is 0.371. The molecule has 1 N–H and O–H groups in total. The van der Waals surface area contributed by atoms with E-state index in [4.69, 9.17) is 0 Å². The summed E-state index contributed by atoms with van der Waals surface area (Å²) in [5, 5.41) is 3.68. The van der Waals surface area contributed by atoms with Crippen LogP contribution in [0, 0.1) is 0 Å². The molecule has 1 aromatic carbocycles. The molecule has 2 heteroatoms. The van der Waals surface area contributed by atoms with Crippen LogP contribution in [0.2, 0.25) is 0 Å². The molecule has 2 rings (SSSR count). The molecule has 1 heterocycles. The summed E-state index contributed by atoms with van der Waals surface area (Å²) in [7, 11) is 0. The van der Waals surface area contributed by atoms with E-state index >= 15 is 0 Å². The van der Waals surface area contributed by atoms with E-state index in [9.17, 15) is 0 Å². The Morgan fingerprint density at radius 3 is 2.65 bits per heavy atom. The Bertz CT molecular complexity index is 508. The van der Waals surface area contributed by atoms with E-state index in [2.05, 4.69) is 54.5 Å². The summed E-state index contributed by atoms with van der Waals surface area (Å²) in [5.41, 5.74) is 4.14. The van der Waals surface area contributed by atoms with Gasteiger partial charge >= 0.3 is 0 Å². The summed E-state index contributed by atoms with van der Waals surface area (Å²) >= 11 is 0. The van der Waals surface area contributed by atoms with Crippen molar-refractivity contribution in [3.8, 4) is 0 Å². The maximum atomic E-state index is 4.23. The van der Waals surface area contributed by atoms with E-state index in [0.29, 0.717) is 6.04 Å². The van der Waals surface area contributed by atoms with E-state index < -0.39 is 0 Å². The first kappa shape index (κ1) is 14.7. The number of benzene rings is 1. The fourth-order valence-corrected chi connectivity index (χ4v) is 2.56. The fraction of sp³-hybridized carbons (Fsp3) is 0.389. The Hall–Kier alpha value is -1.67. The van der Waals surface area contributed by atoms with Crippen LogP contribution in [0.3, 0.4) is 0 Å². The van der Waals surface area contributed by atoms with Gasteiger partial charge in [0.15, 0.2) is 0 Å². The van der Waals surface area contributed by atoms with Crippen LogP contribution in [-0.4, -0.2) is 11.5 Å². The van der Waals surface area contributed by atoms with Crippen LogP contribution in [0.5, 0.6) is 0 Å². The maximum Gasteiger partial charge on any atom is 0.0364 e. The summed E-state index contributed by atoms with van der Waals surface area (Å²) in [5.74, 6) is 0. The summed E-state index contributed by atoms with van der Waals surface area (Å²) in [6.07, 6.45) is 7.02. The van der Waals surface area contributed by atoms with Crippen molar-refractivity contribution < 1.29 is 0 Å². The highest BCUT2D eigenvalue weighted by molar-refractivity contribution is 5.31. The lowest BCUT2D eigenvalue weighted by molar-refractivity contribution is 0.525. The molecule has 0 saturated carbocycles. The average Bonchev–Trinajstić information content (AvgIpc) is 2.52. The normalized spacial score (nSPS) is 12.3. The molecule has 1 atom stereocenters. The van der Waals surface area contributed by atoms with Gasteiger partial charge in [-0.15, -0.1) is 0 Å². The molecule has 20 heavy (non-hydrogen) atoms. The molecule has 106 valence electrons. The molecule has 0 fully saturated rings. The third kappa shape index (κ3) is 3.91. The Morgan fingerprint density at radius 1 is 1.10 bits per heavy atom. The van der Waals surface area contributed by atoms with Gasteiger partial charge in [0.05, 0.1) is 0 Å². The molecule has 0 radical (unpaired) electrons. The van der Waals surface area contributed by atoms with Crippen molar-refractivity contribution in [2.75, 3.05) is 6.54 Å². The Balaban J connectivity index is 2.22. The molecule has 0 aliphatic heterocycles. The fourth-order valence-electron chi connectivity index (χ4n) is 2.56. The van der Waals surface area contributed by atoms with Gasteiger partial charge in [0.1, 0.15) is 0 Å². The molecule has 0 spiro atoms. The molecular weight excluding hydrogens is 244 g/mol. The molecule has 1 unspecified atom stereocenters. The van der Waals surface area contributed by atoms with Crippen LogP contribution in [0.15, 0.2) is 48.8 Å². The summed E-state index contributed by atoms with van der Waals surface area (Å²) in [4.78, 5) is 4.23. The summed E-state index contributed by atoms with van der Waals surface area (Å²) in [6.45, 7) is 5.47. The number of pyridine rings is 1. The molecule has 0 aliphatic rings. The Kier molecular flexibility index (Phi) is 5.75. The minimum Gasteiger partial charge on any atom is -0.310 e. The first-order valence-electron chi connectivity index (χ1n) is 7.55. The van der Waals surface area contributed by atoms with Crippen molar-refractivity contribution in [3.63, 3.8) is 0 Å². The highest BCUT2D eigenvalue weighted by Gasteiger charge is 2.14. The number of aromatic nitrogens is 1. The molecule has 2 nitrogen and oxygen atoms in total. The number of nitrogens with one attached hydrogen (secondary N) is 1. The van der Waals surface area contributed by atoms with Crippen LogP contribution >= 0.6 is 0 Å². The predicted molar refractivity (Wildman–Crippen MR) is 84.8 cm³/mol. The van der Waals surface area contributed by atoms with Gasteiger partial charge in [-0.05, 0) is 48.6 Å². The van der Waals surface area contributed by atoms with E-state index in [1.54, 1.807) is 0 Å². The second-order valence-corrected chi connectivity index (χ2v) is 5.12. The molecule has 1 aromatic heterocycles. The van der Waals surface area contributed by atoms with Crippen LogP contribution < -0.4 is 5.32 Å². The smallest absolute Gasteiger partial charge is 0.0364 e. The zero-order valence-corrected chi connectivity index (χ0v) is 12.5. The van der Waals surface area contributed by atoms with Crippen LogP contribution in [0.25, 0.3) is 0 Å². The Morgan fingerprint density at radius 2 is 1.95 bits per heavy atom. The number of hydrogen-bond acceptors (Lipinski definition) is 2. The van der Waals surface area contributed by atoms with Gasteiger partial charge in [-0.2, -0.15) is 0 Å². The highest BCUT2D eigenvalue weighted by atomic mass is 14.9. The summed E-state index contributed by atoms with van der Waals surface area (Å²) < 4.78 is 0. The molecule has 2 aromatic rings. The lowest BCUT2D eigenvalue weighted by atomic mass is 9.94. The quantitative estimate of drug-likeness (QED) is 0.823. The highest BCUT2D eigenvalue weighted by Crippen LogP contribution is 2.22. The average molecular weight is 268 g/mol. The number of rotatable bonds is 7. The zero-order valence-electron chi connectivity index (χ0n) is 12.5. The topological polar surface area (TPSA) is 24.9 Å². The molecular formula is C18H24N2. The van der Waals surface area contributed by atoms with Crippen molar-refractivity contribution in [3.05, 3.63) is 65.5 Å². The second-order valence-electron chi connectivity index (χ2n) is 5.12. The number of hydrogen-bond donors (Lipinski definition) is 1. The largest absolute Gasteiger partial charge is 0.310 e. The van der Waals surface area contributed by atoms with Gasteiger partial charge < -0.3 is 5.32 Å². The van der Waals surface area contributed by atoms with Gasteiger partial charge in [0.25, 0.3) is 0 Å². The number of nitrogens with zero attached hydrogens (tertiary/aromatic N) is 1. The van der Waals surface area contributed by atoms with Crippen LogP contribution in [0.4, 0.5) is 0 Å². The lowest BCUT2D eigenvalue weighted by Crippen LogP contribution is -2.25. The van der Waals surface area contributed by atoms with Crippen molar-refractivity contribution in [2.45, 2.75) is 39.2 Å². The number of aryl methyl sites for hydroxylation is 1. The summed E-state index contributed by atoms with van der Waals surface area (Å²) in [6, 6.07) is 13.3. The van der Waals surface area contributed by atoms with Crippen molar-refractivity contribution in [1.29, 1.82) is 0 Å². The SMILES string of the molecule is CCCNC(Cc1cccnc1)c1ccccc1CC. The molecule has 0 amide bonds. The van der Waals surface area contributed by atoms with Crippen LogP contribution in [-0.2, 0) is 12.8 Å². The maximum absolute atomic E-state index is 4.23. The van der Waals surface area contributed by atoms with Gasteiger partial charge in [-0.1, -0.05) is 44.2 Å². The third-order valence-electron chi connectivity index (χ3n) is 3.61. The van der Waals surface area contributed by atoms with Gasteiger partial charge in [0.2, 0.25) is 0 Å². The first-order chi connectivity index (χ1) is 9.85. The standard InChI is InChI=1S/C18H24N2/c1-3-11-20-18(13-15-8-7-12-19-14-15)17-10-6-5-9-16(17)4-2/h5-10,12,14,18,20H,3-4,11,13H2,1-2H3. The van der Waals surface area contributed by atoms with Crippen molar-refractivity contribution in [2.24, 2.45) is 0 Å². The van der Waals surface area contributed by atoms with Gasteiger partial charge in [-0.3, -0.25) is 4.98 Å². The predicted octanol–water partition coefficient (Wildman–Crippen LogP) is 3.93. The van der Waals surface area contributed by atoms with Gasteiger partial charge in [-0.25, -0.2) is 0 Å². The van der Waals surface area contributed by atoms with E-state index in [0.717, 1.165) is 25.8 Å². The van der Waals surface area contributed by atoms with Crippen LogP contribution in [0.1, 0.15) is 43.0 Å². The second kappa shape index (κ2) is 7.81.